The third-order valence-corrected chi connectivity index (χ3v) is 22.1. The van der Waals surface area contributed by atoms with Crippen molar-refractivity contribution < 1.29 is 23.9 Å². The molecule has 0 aromatic carbocycles. The van der Waals surface area contributed by atoms with Crippen molar-refractivity contribution in [2.75, 3.05) is 7.11 Å². The van der Waals surface area contributed by atoms with Crippen molar-refractivity contribution in [3.8, 4) is 0 Å². The fraction of sp³-hybridized carbons (Fsp3) is 0.966. The van der Waals surface area contributed by atoms with Gasteiger partial charge in [-0.2, -0.15) is 0 Å². The molecular formula is C87H168O5. The molecule has 1 rings (SSSR count). The number of ketones is 1. The standard InChI is InChI=1S/C87H168O5/c1-6-8-10-12-14-16-18-20-22-24-25-26-27-28-29-34-40-46-52-58-64-70-76-84(87(90)91-5)86(92-81(4)88)78-72-66-60-54-48-42-36-39-45-51-57-63-69-75-83-79-82(83)74-68-62-56-50-44-38-33-30-31-35-41-47-53-59-65-71-77-85(89)80(3)73-67-61-55-49-43-37-32-23-21-19-17-15-13-11-9-7-2/h80,82-84,86H,6-79H2,1-5H3/t80-,82+,83-,84-,86-/m1/s1. The van der Waals surface area contributed by atoms with E-state index in [0.717, 1.165) is 69.6 Å². The molecule has 0 heterocycles. The molecule has 5 nitrogen and oxygen atoms in total. The van der Waals surface area contributed by atoms with Crippen LogP contribution in [-0.2, 0) is 23.9 Å². The lowest BCUT2D eigenvalue weighted by Crippen LogP contribution is -2.33. The van der Waals surface area contributed by atoms with E-state index in [0.29, 0.717) is 5.78 Å². The molecule has 1 aliphatic rings. The van der Waals surface area contributed by atoms with Gasteiger partial charge < -0.3 is 9.47 Å². The van der Waals surface area contributed by atoms with Crippen molar-refractivity contribution in [1.29, 1.82) is 0 Å². The van der Waals surface area contributed by atoms with Crippen LogP contribution in [0.15, 0.2) is 0 Å². The lowest BCUT2D eigenvalue weighted by atomic mass is 9.91. The molecule has 0 spiro atoms. The molecule has 0 radical (unpaired) electrons. The van der Waals surface area contributed by atoms with Crippen LogP contribution in [-0.4, -0.2) is 30.9 Å². The van der Waals surface area contributed by atoms with Gasteiger partial charge in [-0.05, 0) is 50.4 Å². The highest BCUT2D eigenvalue weighted by Crippen LogP contribution is 2.46. The van der Waals surface area contributed by atoms with Crippen molar-refractivity contribution in [2.24, 2.45) is 23.7 Å². The first kappa shape index (κ1) is 88.6. The highest BCUT2D eigenvalue weighted by atomic mass is 16.6. The largest absolute Gasteiger partial charge is 0.469 e. The molecule has 5 atom stereocenters. The zero-order valence-electron chi connectivity index (χ0n) is 63.8. The van der Waals surface area contributed by atoms with Crippen molar-refractivity contribution in [3.05, 3.63) is 0 Å². The highest BCUT2D eigenvalue weighted by Gasteiger charge is 2.35. The van der Waals surface area contributed by atoms with E-state index in [1.165, 1.54) is 431 Å². The first-order valence-corrected chi connectivity index (χ1v) is 43.1. The number of methoxy groups -OCH3 is 1. The van der Waals surface area contributed by atoms with Gasteiger partial charge in [0.2, 0.25) is 0 Å². The lowest BCUT2D eigenvalue weighted by molar-refractivity contribution is -0.160. The van der Waals surface area contributed by atoms with Gasteiger partial charge in [-0.25, -0.2) is 0 Å². The monoisotopic (exact) mass is 1290 g/mol. The molecule has 0 unspecified atom stereocenters. The smallest absolute Gasteiger partial charge is 0.312 e. The highest BCUT2D eigenvalue weighted by molar-refractivity contribution is 5.80. The Hall–Kier alpha value is -1.39. The maximum Gasteiger partial charge on any atom is 0.312 e. The number of carbonyl (C=O) groups is 3. The van der Waals surface area contributed by atoms with Crippen molar-refractivity contribution in [2.45, 2.75) is 509 Å². The molecule has 546 valence electrons. The Morgan fingerprint density at radius 1 is 0.304 bits per heavy atom. The maximum absolute atomic E-state index is 12.9. The van der Waals surface area contributed by atoms with Gasteiger partial charge in [0.1, 0.15) is 11.9 Å². The first-order valence-electron chi connectivity index (χ1n) is 43.1. The summed E-state index contributed by atoms with van der Waals surface area (Å²) in [6.45, 7) is 8.27. The quantitative estimate of drug-likeness (QED) is 0.0448. The van der Waals surface area contributed by atoms with Gasteiger partial charge in [-0.3, -0.25) is 14.4 Å². The van der Waals surface area contributed by atoms with E-state index in [9.17, 15) is 14.4 Å². The van der Waals surface area contributed by atoms with E-state index in [1.54, 1.807) is 0 Å². The summed E-state index contributed by atoms with van der Waals surface area (Å²) in [5.41, 5.74) is 0. The number of unbranched alkanes of at least 4 members (excludes halogenated alkanes) is 63. The summed E-state index contributed by atoms with van der Waals surface area (Å²) in [4.78, 5) is 37.7. The Kier molecular flexibility index (Phi) is 69.7. The van der Waals surface area contributed by atoms with Crippen LogP contribution in [0.5, 0.6) is 0 Å². The summed E-state index contributed by atoms with van der Waals surface area (Å²) >= 11 is 0. The van der Waals surface area contributed by atoms with Crippen LogP contribution in [0.3, 0.4) is 0 Å². The van der Waals surface area contributed by atoms with Gasteiger partial charge in [-0.1, -0.05) is 451 Å². The molecule has 0 saturated heterocycles. The van der Waals surface area contributed by atoms with Gasteiger partial charge in [0, 0.05) is 19.3 Å². The van der Waals surface area contributed by atoms with Crippen LogP contribution in [0, 0.1) is 23.7 Å². The van der Waals surface area contributed by atoms with Gasteiger partial charge >= 0.3 is 11.9 Å². The van der Waals surface area contributed by atoms with Gasteiger partial charge in [0.25, 0.3) is 0 Å². The van der Waals surface area contributed by atoms with E-state index >= 15 is 0 Å². The SMILES string of the molecule is CCCCCCCCCCCCCCCCCCCCCCCC[C@@H](C(=O)OC)[C@@H](CCCCCCCCCCCCCCC[C@@H]1C[C@@H]1CCCCCCCCCCCCCCCCCCC(=O)[C@H](C)CCCCCCCCCCCCCCCCCC)OC(C)=O. The van der Waals surface area contributed by atoms with Crippen molar-refractivity contribution >= 4 is 17.7 Å². The summed E-state index contributed by atoms with van der Waals surface area (Å²) in [6, 6.07) is 0. The summed E-state index contributed by atoms with van der Waals surface area (Å²) in [7, 11) is 1.48. The van der Waals surface area contributed by atoms with Crippen LogP contribution < -0.4 is 0 Å². The molecule has 1 aliphatic carbocycles. The van der Waals surface area contributed by atoms with Crippen LogP contribution in [0.4, 0.5) is 0 Å². The van der Waals surface area contributed by atoms with E-state index in [-0.39, 0.29) is 29.9 Å². The van der Waals surface area contributed by atoms with Gasteiger partial charge in [0.15, 0.2) is 0 Å². The van der Waals surface area contributed by atoms with E-state index in [2.05, 4.69) is 20.8 Å². The molecule has 0 aliphatic heterocycles. The third-order valence-electron chi connectivity index (χ3n) is 22.1. The summed E-state index contributed by atoms with van der Waals surface area (Å²) in [5, 5.41) is 0. The van der Waals surface area contributed by atoms with Crippen molar-refractivity contribution in [1.82, 2.24) is 0 Å². The van der Waals surface area contributed by atoms with E-state index in [1.807, 2.05) is 0 Å². The predicted octanol–water partition coefficient (Wildman–Crippen LogP) is 30.1. The Bertz CT molecular complexity index is 1490. The maximum atomic E-state index is 12.9. The minimum atomic E-state index is -0.363. The number of Topliss-reactive ketones (excluding diaryl/α,β-unsaturated/α-hetero) is 1. The van der Waals surface area contributed by atoms with Gasteiger partial charge in [-0.15, -0.1) is 0 Å². The molecule has 0 aromatic rings. The van der Waals surface area contributed by atoms with Crippen molar-refractivity contribution in [3.63, 3.8) is 0 Å². The second-order valence-corrected chi connectivity index (χ2v) is 31.1. The summed E-state index contributed by atoms with van der Waals surface area (Å²) in [6.07, 6.45) is 100. The molecule has 0 aromatic heterocycles. The molecule has 0 bridgehead atoms. The number of ether oxygens (including phenoxy) is 2. The minimum Gasteiger partial charge on any atom is -0.469 e. The average molecular weight is 1290 g/mol. The molecule has 5 heteroatoms. The minimum absolute atomic E-state index is 0.213. The lowest BCUT2D eigenvalue weighted by Gasteiger charge is -2.25. The number of rotatable bonds is 79. The molecule has 0 N–H and O–H groups in total. The summed E-state index contributed by atoms with van der Waals surface area (Å²) in [5.74, 6) is 2.11. The Balaban J connectivity index is 1.84. The van der Waals surface area contributed by atoms with Crippen LogP contribution in [0.2, 0.25) is 0 Å². The predicted molar refractivity (Wildman–Crippen MR) is 405 cm³/mol. The fourth-order valence-electron chi connectivity index (χ4n) is 15.4. The number of carbonyl (C=O) groups excluding carboxylic acids is 3. The molecule has 0 amide bonds. The zero-order valence-corrected chi connectivity index (χ0v) is 63.8. The second kappa shape index (κ2) is 72.4. The molecule has 92 heavy (non-hydrogen) atoms. The number of hydrogen-bond acceptors (Lipinski definition) is 5. The molecular weight excluding hydrogens is 1120 g/mol. The van der Waals surface area contributed by atoms with Gasteiger partial charge in [0.05, 0.1) is 13.0 Å². The Labute approximate surface area is 578 Å². The van der Waals surface area contributed by atoms with Crippen LogP contribution >= 0.6 is 0 Å². The average Bonchev–Trinajstić information content (AvgIpc) is 2.52. The fourth-order valence-corrected chi connectivity index (χ4v) is 15.4. The summed E-state index contributed by atoms with van der Waals surface area (Å²) < 4.78 is 11.0. The molecule has 1 saturated carbocycles. The normalized spacial score (nSPS) is 14.9. The Morgan fingerprint density at radius 2 is 0.533 bits per heavy atom. The molecule has 1 fully saturated rings. The van der Waals surface area contributed by atoms with Crippen LogP contribution in [0.25, 0.3) is 0 Å². The zero-order chi connectivity index (χ0) is 66.4. The first-order chi connectivity index (χ1) is 45.3. The topological polar surface area (TPSA) is 69.7 Å². The van der Waals surface area contributed by atoms with E-state index < -0.39 is 0 Å². The number of hydrogen-bond donors (Lipinski definition) is 0. The van der Waals surface area contributed by atoms with E-state index in [4.69, 9.17) is 9.47 Å². The Morgan fingerprint density at radius 3 is 0.793 bits per heavy atom. The van der Waals surface area contributed by atoms with Crippen LogP contribution in [0.1, 0.15) is 503 Å². The third kappa shape index (κ3) is 63.4. The number of esters is 2. The second-order valence-electron chi connectivity index (χ2n) is 31.1.